The molecule has 4 N–H and O–H groups in total. The van der Waals surface area contributed by atoms with Gasteiger partial charge < -0.3 is 63.1 Å². The molecule has 0 saturated carbocycles. The van der Waals surface area contributed by atoms with Crippen LogP contribution in [0.2, 0.25) is 0 Å². The van der Waals surface area contributed by atoms with Crippen molar-refractivity contribution in [2.24, 2.45) is 0 Å². The number of carbonyl (C=O) groups is 5. The SMILES string of the molecule is CC(=O)OC[C@H]1O[C@@H](Oc2ccccc2C(=O)OCc2ccccc2O[C@@H]2O[C@H](CO)[C@@H](O)[C@H](O)[C@H]2O)[C@H](OC(C)=O)[C@@H](OC(C)=O)[C@@H]1OC(C)=O. The van der Waals surface area contributed by atoms with Gasteiger partial charge in [-0.1, -0.05) is 30.3 Å². The zero-order chi connectivity index (χ0) is 38.1. The van der Waals surface area contributed by atoms with Gasteiger partial charge in [0.2, 0.25) is 18.7 Å². The van der Waals surface area contributed by atoms with Crippen LogP contribution >= 0.6 is 0 Å². The Bertz CT molecular complexity index is 1580. The first-order chi connectivity index (χ1) is 24.7. The second-order valence-electron chi connectivity index (χ2n) is 11.7. The Labute approximate surface area is 297 Å². The number of hydrogen-bond acceptors (Lipinski definition) is 18. The highest BCUT2D eigenvalue weighted by Crippen LogP contribution is 2.33. The minimum Gasteiger partial charge on any atom is -0.463 e. The summed E-state index contributed by atoms with van der Waals surface area (Å²) in [7, 11) is 0. The first-order valence-electron chi connectivity index (χ1n) is 16.0. The van der Waals surface area contributed by atoms with Crippen LogP contribution < -0.4 is 9.47 Å². The van der Waals surface area contributed by atoms with Gasteiger partial charge in [-0.3, -0.25) is 19.2 Å². The van der Waals surface area contributed by atoms with Crippen LogP contribution in [-0.4, -0.2) is 125 Å². The molecule has 0 amide bonds. The predicted molar refractivity (Wildman–Crippen MR) is 169 cm³/mol. The molecule has 0 unspecified atom stereocenters. The van der Waals surface area contributed by atoms with Gasteiger partial charge in [-0.05, 0) is 18.2 Å². The molecule has 2 aromatic carbocycles. The topological polar surface area (TPSA) is 249 Å². The van der Waals surface area contributed by atoms with Gasteiger partial charge in [-0.25, -0.2) is 4.79 Å². The van der Waals surface area contributed by atoms with Gasteiger partial charge >= 0.3 is 29.8 Å². The van der Waals surface area contributed by atoms with E-state index in [2.05, 4.69) is 0 Å². The van der Waals surface area contributed by atoms with E-state index in [0.29, 0.717) is 5.56 Å². The number of ether oxygens (including phenoxy) is 9. The second kappa shape index (κ2) is 18.1. The smallest absolute Gasteiger partial charge is 0.342 e. The van der Waals surface area contributed by atoms with Crippen molar-refractivity contribution in [3.8, 4) is 11.5 Å². The van der Waals surface area contributed by atoms with E-state index in [1.165, 1.54) is 30.3 Å². The lowest BCUT2D eigenvalue weighted by molar-refractivity contribution is -0.288. The van der Waals surface area contributed by atoms with Crippen LogP contribution in [0, 0.1) is 0 Å². The zero-order valence-electron chi connectivity index (χ0n) is 28.5. The van der Waals surface area contributed by atoms with Crippen LogP contribution in [0.15, 0.2) is 48.5 Å². The van der Waals surface area contributed by atoms with Gasteiger partial charge in [-0.2, -0.15) is 0 Å². The third kappa shape index (κ3) is 10.1. The van der Waals surface area contributed by atoms with Gasteiger partial charge in [0.05, 0.1) is 6.61 Å². The number of aliphatic hydroxyl groups is 4. The summed E-state index contributed by atoms with van der Waals surface area (Å²) in [5.74, 6) is -4.18. The Morgan fingerprint density at radius 1 is 0.615 bits per heavy atom. The molecule has 2 aliphatic rings. The van der Waals surface area contributed by atoms with E-state index in [1.807, 2.05) is 0 Å². The molecule has 2 aromatic rings. The maximum Gasteiger partial charge on any atom is 0.342 e. The van der Waals surface area contributed by atoms with Crippen LogP contribution in [0.5, 0.6) is 11.5 Å². The Hall–Kier alpha value is -4.85. The van der Waals surface area contributed by atoms with E-state index in [1.54, 1.807) is 18.2 Å². The standard InChI is InChI=1S/C34H40O18/c1-16(36)44-15-25-29(46-17(2)37)30(47-18(3)38)31(48-19(4)39)34(52-25)50-23-12-8-6-10-21(23)32(43)45-14-20-9-5-7-11-22(20)49-33-28(42)27(41)26(40)24(13-35)51-33/h5-12,24-31,33-35,40-42H,13-15H2,1-4H3/t24-,25-,26-,27+,28-,29-,30+,31-,33-,34-/m1/s1. The highest BCUT2D eigenvalue weighted by Gasteiger charge is 2.53. The highest BCUT2D eigenvalue weighted by molar-refractivity contribution is 5.92. The summed E-state index contributed by atoms with van der Waals surface area (Å²) in [6, 6.07) is 12.0. The molecule has 10 atom stereocenters. The molecule has 2 aliphatic heterocycles. The molecule has 0 spiro atoms. The molecule has 2 saturated heterocycles. The van der Waals surface area contributed by atoms with Crippen molar-refractivity contribution in [2.45, 2.75) is 95.7 Å². The second-order valence-corrected chi connectivity index (χ2v) is 11.7. The molecule has 0 bridgehead atoms. The van der Waals surface area contributed by atoms with Crippen LogP contribution in [-0.2, 0) is 58.9 Å². The third-order valence-corrected chi connectivity index (χ3v) is 7.72. The fourth-order valence-corrected chi connectivity index (χ4v) is 5.40. The summed E-state index contributed by atoms with van der Waals surface area (Å²) in [5.41, 5.74) is 0.161. The van der Waals surface area contributed by atoms with Crippen molar-refractivity contribution in [1.82, 2.24) is 0 Å². The summed E-state index contributed by atoms with van der Waals surface area (Å²) in [6.07, 6.45) is -15.1. The highest BCUT2D eigenvalue weighted by atomic mass is 16.7. The first kappa shape index (κ1) is 39.9. The average molecular weight is 737 g/mol. The van der Waals surface area contributed by atoms with Gasteiger partial charge in [-0.15, -0.1) is 0 Å². The monoisotopic (exact) mass is 736 g/mol. The van der Waals surface area contributed by atoms with Crippen LogP contribution in [0.25, 0.3) is 0 Å². The molecule has 284 valence electrons. The van der Waals surface area contributed by atoms with E-state index in [-0.39, 0.29) is 23.7 Å². The lowest BCUT2D eigenvalue weighted by Gasteiger charge is -2.44. The Balaban J connectivity index is 1.57. The molecule has 0 aromatic heterocycles. The van der Waals surface area contributed by atoms with Crippen LogP contribution in [0.3, 0.4) is 0 Å². The summed E-state index contributed by atoms with van der Waals surface area (Å²) in [4.78, 5) is 61.5. The molecule has 18 heteroatoms. The number of para-hydroxylation sites is 2. The lowest BCUT2D eigenvalue weighted by atomic mass is 9.98. The third-order valence-electron chi connectivity index (χ3n) is 7.72. The largest absolute Gasteiger partial charge is 0.463 e. The van der Waals surface area contributed by atoms with E-state index in [9.17, 15) is 44.4 Å². The zero-order valence-corrected chi connectivity index (χ0v) is 28.5. The van der Waals surface area contributed by atoms with E-state index < -0.39 is 104 Å². The first-order valence-corrected chi connectivity index (χ1v) is 16.0. The fraction of sp³-hybridized carbons (Fsp3) is 0.500. The molecular weight excluding hydrogens is 696 g/mol. The van der Waals surface area contributed by atoms with E-state index in [4.69, 9.17) is 42.6 Å². The number of benzene rings is 2. The molecule has 0 radical (unpaired) electrons. The molecule has 2 fully saturated rings. The van der Waals surface area contributed by atoms with Crippen LogP contribution in [0.1, 0.15) is 43.6 Å². The van der Waals surface area contributed by atoms with Crippen molar-refractivity contribution >= 4 is 29.8 Å². The van der Waals surface area contributed by atoms with Gasteiger partial charge in [0.25, 0.3) is 0 Å². The Morgan fingerprint density at radius 2 is 1.17 bits per heavy atom. The van der Waals surface area contributed by atoms with Crippen molar-refractivity contribution in [3.63, 3.8) is 0 Å². The summed E-state index contributed by atoms with van der Waals surface area (Å²) >= 11 is 0. The summed E-state index contributed by atoms with van der Waals surface area (Å²) in [6.45, 7) is 2.80. The maximum atomic E-state index is 13.5. The summed E-state index contributed by atoms with van der Waals surface area (Å²) in [5, 5.41) is 40.1. The average Bonchev–Trinajstić information content (AvgIpc) is 3.09. The minimum absolute atomic E-state index is 0.0849. The van der Waals surface area contributed by atoms with Gasteiger partial charge in [0.1, 0.15) is 60.8 Å². The molecule has 2 heterocycles. The number of carbonyl (C=O) groups excluding carboxylic acids is 5. The Morgan fingerprint density at radius 3 is 1.81 bits per heavy atom. The summed E-state index contributed by atoms with van der Waals surface area (Å²) < 4.78 is 50.0. The molecule has 0 aliphatic carbocycles. The van der Waals surface area contributed by atoms with Crippen molar-refractivity contribution < 1.29 is 87.0 Å². The van der Waals surface area contributed by atoms with Crippen molar-refractivity contribution in [2.75, 3.05) is 13.2 Å². The van der Waals surface area contributed by atoms with Crippen LogP contribution in [0.4, 0.5) is 0 Å². The van der Waals surface area contributed by atoms with Gasteiger partial charge in [0, 0.05) is 33.3 Å². The Kier molecular flexibility index (Phi) is 13.9. The molecule has 52 heavy (non-hydrogen) atoms. The molecule has 18 nitrogen and oxygen atoms in total. The number of hydrogen-bond donors (Lipinski definition) is 4. The minimum atomic E-state index is -1.69. The fourth-order valence-electron chi connectivity index (χ4n) is 5.40. The van der Waals surface area contributed by atoms with E-state index in [0.717, 1.165) is 27.7 Å². The number of esters is 5. The molecule has 4 rings (SSSR count). The normalized spacial score (nSPS) is 28.5. The maximum absolute atomic E-state index is 13.5. The number of rotatable bonds is 13. The van der Waals surface area contributed by atoms with Crippen molar-refractivity contribution in [1.29, 1.82) is 0 Å². The predicted octanol–water partition coefficient (Wildman–Crippen LogP) is -0.316. The quantitative estimate of drug-likeness (QED) is 0.152. The van der Waals surface area contributed by atoms with Gasteiger partial charge in [0.15, 0.2) is 12.2 Å². The van der Waals surface area contributed by atoms with Crippen molar-refractivity contribution in [3.05, 3.63) is 59.7 Å². The number of aliphatic hydroxyl groups excluding tert-OH is 4. The molecular formula is C34H40O18. The van der Waals surface area contributed by atoms with E-state index >= 15 is 0 Å². The lowest BCUT2D eigenvalue weighted by Crippen LogP contribution is -2.63.